The number of aliphatic carboxylic acids is 1. The molecule has 1 rings (SSSR count). The molecule has 5 heteroatoms. The predicted octanol–water partition coefficient (Wildman–Crippen LogP) is 1.33. The molecule has 1 N–H and O–H groups in total. The van der Waals surface area contributed by atoms with Gasteiger partial charge in [0, 0.05) is 24.9 Å². The first-order valence-electron chi connectivity index (χ1n) is 5.15. The number of nitrogens with zero attached hydrogens (tertiary/aromatic N) is 1. The molecule has 4 nitrogen and oxygen atoms in total. The van der Waals surface area contributed by atoms with Gasteiger partial charge < -0.3 is 10.0 Å². The van der Waals surface area contributed by atoms with E-state index >= 15 is 0 Å². The number of alkyl halides is 1. The summed E-state index contributed by atoms with van der Waals surface area (Å²) in [7, 11) is 0. The molecule has 0 aromatic rings. The van der Waals surface area contributed by atoms with Crippen molar-refractivity contribution in [2.24, 2.45) is 5.92 Å². The average Bonchev–Trinajstić information content (AvgIpc) is 2.56. The maximum Gasteiger partial charge on any atom is 0.305 e. The fraction of sp³-hybridized carbons (Fsp3) is 0.800. The normalized spacial score (nSPS) is 23.2. The van der Waals surface area contributed by atoms with Crippen molar-refractivity contribution >= 4 is 23.5 Å². The molecule has 1 heterocycles. The highest BCUT2D eigenvalue weighted by molar-refractivity contribution is 6.18. The maximum absolute atomic E-state index is 11.6. The van der Waals surface area contributed by atoms with Crippen molar-refractivity contribution in [3.63, 3.8) is 0 Å². The Morgan fingerprint density at radius 1 is 1.73 bits per heavy atom. The van der Waals surface area contributed by atoms with Gasteiger partial charge in [-0.1, -0.05) is 6.92 Å². The van der Waals surface area contributed by atoms with Crippen LogP contribution in [0.2, 0.25) is 0 Å². The van der Waals surface area contributed by atoms with E-state index in [9.17, 15) is 9.59 Å². The van der Waals surface area contributed by atoms with Gasteiger partial charge in [-0.2, -0.15) is 0 Å². The largest absolute Gasteiger partial charge is 0.481 e. The molecule has 0 aliphatic carbocycles. The Bertz CT molecular complexity index is 257. The zero-order valence-electron chi connectivity index (χ0n) is 8.78. The molecule has 0 saturated carbocycles. The molecule has 0 radical (unpaired) electrons. The number of halogens is 1. The van der Waals surface area contributed by atoms with Crippen LogP contribution in [0.4, 0.5) is 0 Å². The molecule has 0 aromatic heterocycles. The van der Waals surface area contributed by atoms with Crippen molar-refractivity contribution in [3.8, 4) is 0 Å². The monoisotopic (exact) mass is 233 g/mol. The number of carboxylic acids is 1. The molecule has 1 saturated heterocycles. The second kappa shape index (κ2) is 5.35. The van der Waals surface area contributed by atoms with Gasteiger partial charge in [0.1, 0.15) is 0 Å². The van der Waals surface area contributed by atoms with E-state index in [0.717, 1.165) is 0 Å². The standard InChI is InChI=1S/C10H16ClNO3/c1-2-8(4-10(14)15)12-6-7(5-11)3-9(12)13/h7-8H,2-6H2,1H3,(H,14,15). The molecular formula is C10H16ClNO3. The van der Waals surface area contributed by atoms with Crippen molar-refractivity contribution in [2.75, 3.05) is 12.4 Å². The topological polar surface area (TPSA) is 57.6 Å². The third-order valence-electron chi connectivity index (χ3n) is 2.78. The summed E-state index contributed by atoms with van der Waals surface area (Å²) in [6.45, 7) is 2.50. The molecule has 0 aromatic carbocycles. The first-order chi connectivity index (χ1) is 7.08. The molecule has 1 aliphatic rings. The first kappa shape index (κ1) is 12.3. The Balaban J connectivity index is 2.60. The summed E-state index contributed by atoms with van der Waals surface area (Å²) in [6.07, 6.45) is 1.16. The predicted molar refractivity (Wildman–Crippen MR) is 56.9 cm³/mol. The van der Waals surface area contributed by atoms with Gasteiger partial charge >= 0.3 is 5.97 Å². The number of hydrogen-bond donors (Lipinski definition) is 1. The number of carbonyl (C=O) groups excluding carboxylic acids is 1. The maximum atomic E-state index is 11.6. The Hall–Kier alpha value is -0.770. The zero-order valence-corrected chi connectivity index (χ0v) is 9.54. The average molecular weight is 234 g/mol. The number of hydrogen-bond acceptors (Lipinski definition) is 2. The SMILES string of the molecule is CCC(CC(=O)O)N1CC(CCl)CC1=O. The van der Waals surface area contributed by atoms with Crippen LogP contribution in [-0.2, 0) is 9.59 Å². The number of likely N-dealkylation sites (tertiary alicyclic amines) is 1. The minimum absolute atomic E-state index is 0.0250. The van der Waals surface area contributed by atoms with E-state index in [2.05, 4.69) is 0 Å². The molecular weight excluding hydrogens is 218 g/mol. The summed E-state index contributed by atoms with van der Waals surface area (Å²) in [5.41, 5.74) is 0. The van der Waals surface area contributed by atoms with E-state index in [1.165, 1.54) is 0 Å². The summed E-state index contributed by atoms with van der Waals surface area (Å²) >= 11 is 5.70. The second-order valence-electron chi connectivity index (χ2n) is 3.93. The van der Waals surface area contributed by atoms with Crippen LogP contribution in [0.15, 0.2) is 0 Å². The molecule has 15 heavy (non-hydrogen) atoms. The summed E-state index contributed by atoms with van der Waals surface area (Å²) in [5, 5.41) is 8.72. The van der Waals surface area contributed by atoms with Gasteiger partial charge in [-0.15, -0.1) is 11.6 Å². The molecule has 2 atom stereocenters. The molecule has 0 spiro atoms. The summed E-state index contributed by atoms with van der Waals surface area (Å²) in [4.78, 5) is 23.9. The van der Waals surface area contributed by atoms with Crippen LogP contribution in [0, 0.1) is 5.92 Å². The minimum Gasteiger partial charge on any atom is -0.481 e. The number of amides is 1. The van der Waals surface area contributed by atoms with Crippen LogP contribution in [0.5, 0.6) is 0 Å². The van der Waals surface area contributed by atoms with E-state index in [1.54, 1.807) is 4.90 Å². The van der Waals surface area contributed by atoms with Crippen LogP contribution in [-0.4, -0.2) is 40.3 Å². The van der Waals surface area contributed by atoms with Crippen LogP contribution in [0.1, 0.15) is 26.2 Å². The van der Waals surface area contributed by atoms with Gasteiger partial charge in [-0.25, -0.2) is 0 Å². The fourth-order valence-corrected chi connectivity index (χ4v) is 2.15. The lowest BCUT2D eigenvalue weighted by molar-refractivity contribution is -0.139. The van der Waals surface area contributed by atoms with Crippen molar-refractivity contribution in [3.05, 3.63) is 0 Å². The lowest BCUT2D eigenvalue weighted by Crippen LogP contribution is -2.37. The van der Waals surface area contributed by atoms with Crippen molar-refractivity contribution in [2.45, 2.75) is 32.2 Å². The van der Waals surface area contributed by atoms with Crippen LogP contribution in [0.3, 0.4) is 0 Å². The lowest BCUT2D eigenvalue weighted by Gasteiger charge is -2.25. The fourth-order valence-electron chi connectivity index (χ4n) is 1.94. The van der Waals surface area contributed by atoms with E-state index in [0.29, 0.717) is 25.3 Å². The van der Waals surface area contributed by atoms with Crippen LogP contribution < -0.4 is 0 Å². The van der Waals surface area contributed by atoms with Gasteiger partial charge in [0.25, 0.3) is 0 Å². The van der Waals surface area contributed by atoms with E-state index in [4.69, 9.17) is 16.7 Å². The molecule has 2 unspecified atom stereocenters. The third kappa shape index (κ3) is 3.09. The van der Waals surface area contributed by atoms with Crippen LogP contribution in [0.25, 0.3) is 0 Å². The highest BCUT2D eigenvalue weighted by Crippen LogP contribution is 2.23. The molecule has 1 fully saturated rings. The number of carbonyl (C=O) groups is 2. The molecule has 86 valence electrons. The highest BCUT2D eigenvalue weighted by atomic mass is 35.5. The third-order valence-corrected chi connectivity index (χ3v) is 3.22. The Morgan fingerprint density at radius 3 is 2.80 bits per heavy atom. The Morgan fingerprint density at radius 2 is 2.40 bits per heavy atom. The number of rotatable bonds is 5. The summed E-state index contributed by atoms with van der Waals surface area (Å²) in [5.74, 6) is -0.175. The lowest BCUT2D eigenvalue weighted by atomic mass is 10.1. The van der Waals surface area contributed by atoms with Gasteiger partial charge in [0.2, 0.25) is 5.91 Å². The van der Waals surface area contributed by atoms with Crippen molar-refractivity contribution < 1.29 is 14.7 Å². The Kier molecular flexibility index (Phi) is 4.39. The van der Waals surface area contributed by atoms with Gasteiger partial charge in [0.05, 0.1) is 6.42 Å². The van der Waals surface area contributed by atoms with E-state index in [1.807, 2.05) is 6.92 Å². The molecule has 1 amide bonds. The van der Waals surface area contributed by atoms with E-state index in [-0.39, 0.29) is 24.3 Å². The highest BCUT2D eigenvalue weighted by Gasteiger charge is 2.33. The summed E-state index contributed by atoms with van der Waals surface area (Å²) < 4.78 is 0. The van der Waals surface area contributed by atoms with Gasteiger partial charge in [0.15, 0.2) is 0 Å². The number of carboxylic acid groups (broad SMARTS) is 1. The van der Waals surface area contributed by atoms with E-state index < -0.39 is 5.97 Å². The van der Waals surface area contributed by atoms with Gasteiger partial charge in [-0.3, -0.25) is 9.59 Å². The van der Waals surface area contributed by atoms with Crippen LogP contribution >= 0.6 is 11.6 Å². The van der Waals surface area contributed by atoms with Gasteiger partial charge in [-0.05, 0) is 12.3 Å². The molecule has 0 bridgehead atoms. The summed E-state index contributed by atoms with van der Waals surface area (Å²) in [6, 6.07) is -0.178. The Labute approximate surface area is 94.2 Å². The smallest absolute Gasteiger partial charge is 0.305 e. The first-order valence-corrected chi connectivity index (χ1v) is 5.69. The second-order valence-corrected chi connectivity index (χ2v) is 4.24. The molecule has 1 aliphatic heterocycles. The van der Waals surface area contributed by atoms with Crippen molar-refractivity contribution in [1.29, 1.82) is 0 Å². The zero-order chi connectivity index (χ0) is 11.4. The quantitative estimate of drug-likeness (QED) is 0.729. The van der Waals surface area contributed by atoms with Crippen molar-refractivity contribution in [1.82, 2.24) is 4.90 Å². The minimum atomic E-state index is -0.857.